The first-order valence-corrected chi connectivity index (χ1v) is 13.4. The Morgan fingerprint density at radius 3 is 2.68 bits per heavy atom. The second kappa shape index (κ2) is 9.35. The van der Waals surface area contributed by atoms with Gasteiger partial charge in [0, 0.05) is 18.5 Å². The highest BCUT2D eigenvalue weighted by atomic mass is 32.2. The van der Waals surface area contributed by atoms with Gasteiger partial charge in [0.25, 0.3) is 10.1 Å². The van der Waals surface area contributed by atoms with Crippen molar-refractivity contribution >= 4 is 33.0 Å². The Kier molecular flexibility index (Phi) is 6.28. The zero-order chi connectivity index (χ0) is 23.7. The second-order valence-corrected chi connectivity index (χ2v) is 10.7. The number of ether oxygens (including phenoxy) is 1. The molecule has 2 aromatic carbocycles. The summed E-state index contributed by atoms with van der Waals surface area (Å²) in [5.41, 5.74) is 2.95. The van der Waals surface area contributed by atoms with Crippen LogP contribution in [0.2, 0.25) is 0 Å². The quantitative estimate of drug-likeness (QED) is 0.416. The molecule has 0 saturated carbocycles. The van der Waals surface area contributed by atoms with E-state index in [9.17, 15) is 13.0 Å². The van der Waals surface area contributed by atoms with E-state index in [0.29, 0.717) is 24.5 Å². The van der Waals surface area contributed by atoms with Gasteiger partial charge in [0.1, 0.15) is 5.75 Å². The Morgan fingerprint density at radius 1 is 1.09 bits per heavy atom. The minimum atomic E-state index is -4.25. The zero-order valence-corrected chi connectivity index (χ0v) is 20.1. The summed E-state index contributed by atoms with van der Waals surface area (Å²) in [6, 6.07) is 12.1. The summed E-state index contributed by atoms with van der Waals surface area (Å²) in [7, 11) is -4.25. The van der Waals surface area contributed by atoms with E-state index in [1.165, 1.54) is 16.2 Å². The van der Waals surface area contributed by atoms with Crippen LogP contribution in [0, 0.1) is 5.92 Å². The molecule has 1 N–H and O–H groups in total. The number of pyridine rings is 1. The summed E-state index contributed by atoms with van der Waals surface area (Å²) < 4.78 is 40.9. The van der Waals surface area contributed by atoms with E-state index in [4.69, 9.17) is 4.74 Å². The highest BCUT2D eigenvalue weighted by Gasteiger charge is 2.35. The summed E-state index contributed by atoms with van der Waals surface area (Å²) in [6.07, 6.45) is 13.6. The van der Waals surface area contributed by atoms with Gasteiger partial charge in [-0.3, -0.25) is 9.54 Å². The molecular formula is C28H29NO4S. The zero-order valence-electron chi connectivity index (χ0n) is 19.3. The highest BCUT2D eigenvalue weighted by molar-refractivity contribution is 7.86. The SMILES string of the molecule is CCCCOc1cccnc1CC1C=c2c(ccc3c4c(ccc23)CC=CC=4)CC1S(=O)(=O)O. The molecule has 1 aromatic heterocycles. The molecule has 2 aliphatic rings. The third-order valence-corrected chi connectivity index (χ3v) is 8.18. The lowest BCUT2D eigenvalue weighted by molar-refractivity contribution is 0.303. The number of rotatable bonds is 7. The van der Waals surface area contributed by atoms with Gasteiger partial charge >= 0.3 is 0 Å². The molecule has 0 saturated heterocycles. The molecule has 34 heavy (non-hydrogen) atoms. The number of allylic oxidation sites excluding steroid dienone is 2. The van der Waals surface area contributed by atoms with Crippen LogP contribution in [0.1, 0.15) is 36.6 Å². The number of aromatic nitrogens is 1. The van der Waals surface area contributed by atoms with Crippen molar-refractivity contribution in [2.45, 2.75) is 44.3 Å². The molecule has 0 aliphatic heterocycles. The Bertz CT molecular complexity index is 1490. The fraction of sp³-hybridized carbons (Fsp3) is 0.321. The molecule has 0 fully saturated rings. The second-order valence-electron chi connectivity index (χ2n) is 9.11. The van der Waals surface area contributed by atoms with Crippen LogP contribution in [0.15, 0.2) is 54.7 Å². The summed E-state index contributed by atoms with van der Waals surface area (Å²) in [4.78, 5) is 4.51. The first kappa shape index (κ1) is 22.8. The number of hydrogen-bond donors (Lipinski definition) is 1. The van der Waals surface area contributed by atoms with Gasteiger partial charge in [-0.05, 0) is 63.7 Å². The molecule has 0 radical (unpaired) electrons. The minimum Gasteiger partial charge on any atom is -0.492 e. The number of fused-ring (bicyclic) bond motifs is 5. The summed E-state index contributed by atoms with van der Waals surface area (Å²) in [6.45, 7) is 2.70. The van der Waals surface area contributed by atoms with Gasteiger partial charge in [0.05, 0.1) is 17.6 Å². The van der Waals surface area contributed by atoms with Crippen LogP contribution >= 0.6 is 0 Å². The predicted octanol–water partition coefficient (Wildman–Crippen LogP) is 3.76. The third kappa shape index (κ3) is 4.40. The Morgan fingerprint density at radius 2 is 1.88 bits per heavy atom. The average molecular weight is 476 g/mol. The monoisotopic (exact) mass is 475 g/mol. The van der Waals surface area contributed by atoms with Crippen LogP contribution in [0.5, 0.6) is 5.75 Å². The van der Waals surface area contributed by atoms with Crippen molar-refractivity contribution in [1.29, 1.82) is 0 Å². The van der Waals surface area contributed by atoms with Crippen LogP contribution in [0.4, 0.5) is 0 Å². The lowest BCUT2D eigenvalue weighted by atomic mass is 9.84. The van der Waals surface area contributed by atoms with Crippen molar-refractivity contribution in [2.75, 3.05) is 6.61 Å². The lowest BCUT2D eigenvalue weighted by Crippen LogP contribution is -2.38. The topological polar surface area (TPSA) is 76.5 Å². The number of hydrogen-bond acceptors (Lipinski definition) is 4. The summed E-state index contributed by atoms with van der Waals surface area (Å²) in [5, 5.41) is 3.64. The van der Waals surface area contributed by atoms with Crippen molar-refractivity contribution in [3.05, 3.63) is 82.0 Å². The molecule has 5 nitrogen and oxygen atoms in total. The van der Waals surface area contributed by atoms with Crippen LogP contribution < -0.4 is 15.2 Å². The van der Waals surface area contributed by atoms with Gasteiger partial charge in [-0.2, -0.15) is 8.42 Å². The Labute approximate surface area is 200 Å². The van der Waals surface area contributed by atoms with Crippen molar-refractivity contribution in [3.8, 4) is 5.75 Å². The van der Waals surface area contributed by atoms with Gasteiger partial charge in [0.15, 0.2) is 0 Å². The molecule has 2 unspecified atom stereocenters. The van der Waals surface area contributed by atoms with Crippen LogP contribution in [0.25, 0.3) is 22.9 Å². The molecule has 2 aliphatic carbocycles. The van der Waals surface area contributed by atoms with E-state index in [-0.39, 0.29) is 6.42 Å². The van der Waals surface area contributed by atoms with Gasteiger partial charge in [-0.15, -0.1) is 0 Å². The maximum absolute atomic E-state index is 12.4. The van der Waals surface area contributed by atoms with Gasteiger partial charge in [-0.1, -0.05) is 61.9 Å². The fourth-order valence-corrected chi connectivity index (χ4v) is 6.12. The predicted molar refractivity (Wildman–Crippen MR) is 136 cm³/mol. The molecule has 3 aromatic rings. The molecular weight excluding hydrogens is 446 g/mol. The Hall–Kier alpha value is -2.96. The van der Waals surface area contributed by atoms with Crippen LogP contribution in [0.3, 0.4) is 0 Å². The van der Waals surface area contributed by atoms with Crippen molar-refractivity contribution < 1.29 is 17.7 Å². The van der Waals surface area contributed by atoms with E-state index in [1.807, 2.05) is 24.3 Å². The van der Waals surface area contributed by atoms with Gasteiger partial charge in [0.2, 0.25) is 0 Å². The summed E-state index contributed by atoms with van der Waals surface area (Å²) >= 11 is 0. The molecule has 176 valence electrons. The molecule has 5 rings (SSSR count). The maximum Gasteiger partial charge on any atom is 0.268 e. The Balaban J connectivity index is 1.62. The van der Waals surface area contributed by atoms with Gasteiger partial charge in [-0.25, -0.2) is 0 Å². The number of nitrogens with zero attached hydrogens (tertiary/aromatic N) is 1. The van der Waals surface area contributed by atoms with E-state index < -0.39 is 21.3 Å². The molecule has 2 atom stereocenters. The largest absolute Gasteiger partial charge is 0.492 e. The average Bonchev–Trinajstić information content (AvgIpc) is 2.84. The molecule has 0 bridgehead atoms. The number of benzene rings is 2. The first-order valence-electron chi connectivity index (χ1n) is 11.9. The molecule has 1 heterocycles. The van der Waals surface area contributed by atoms with Crippen LogP contribution in [-0.4, -0.2) is 29.8 Å². The van der Waals surface area contributed by atoms with E-state index >= 15 is 0 Å². The lowest BCUT2D eigenvalue weighted by Gasteiger charge is -2.27. The van der Waals surface area contributed by atoms with Crippen molar-refractivity contribution in [3.63, 3.8) is 0 Å². The molecule has 0 amide bonds. The first-order chi connectivity index (χ1) is 16.5. The molecule has 6 heteroatoms. The number of unbranched alkanes of at least 4 members (excludes halogenated alkanes) is 1. The van der Waals surface area contributed by atoms with E-state index in [1.54, 1.807) is 6.20 Å². The normalized spacial score (nSPS) is 19.1. The van der Waals surface area contributed by atoms with Crippen LogP contribution in [-0.2, 0) is 29.4 Å². The van der Waals surface area contributed by atoms with Crippen molar-refractivity contribution in [1.82, 2.24) is 4.98 Å². The van der Waals surface area contributed by atoms with E-state index in [0.717, 1.165) is 35.4 Å². The van der Waals surface area contributed by atoms with E-state index in [2.05, 4.69) is 48.3 Å². The standard InChI is InChI=1S/C28H29NO4S/c1-2-3-15-33-27-9-6-14-29-26(27)17-21-16-25-20(18-28(21)34(30,31)32)11-13-23-22-8-5-4-7-19(22)10-12-24(23)25/h4-6,8-14,16,21,28H,2-3,7,15,17-18H2,1H3,(H,30,31,32). The molecule has 0 spiro atoms. The van der Waals surface area contributed by atoms with Crippen molar-refractivity contribution in [2.24, 2.45) is 5.92 Å². The minimum absolute atomic E-state index is 0.269. The fourth-order valence-electron chi connectivity index (χ4n) is 5.12. The summed E-state index contributed by atoms with van der Waals surface area (Å²) in [5.74, 6) is 0.258. The smallest absolute Gasteiger partial charge is 0.268 e. The van der Waals surface area contributed by atoms with Gasteiger partial charge < -0.3 is 4.74 Å². The maximum atomic E-state index is 12.4. The third-order valence-electron chi connectivity index (χ3n) is 6.90. The highest BCUT2D eigenvalue weighted by Crippen LogP contribution is 2.29.